The first-order valence-corrected chi connectivity index (χ1v) is 5.62. The van der Waals surface area contributed by atoms with Crippen molar-refractivity contribution >= 4 is 22.0 Å². The van der Waals surface area contributed by atoms with Crippen molar-refractivity contribution < 1.29 is 9.90 Å². The van der Waals surface area contributed by atoms with Gasteiger partial charge in [-0.15, -0.1) is 0 Å². The van der Waals surface area contributed by atoms with Crippen LogP contribution in [0.3, 0.4) is 0 Å². The molecule has 1 saturated heterocycles. The first-order valence-electron chi connectivity index (χ1n) is 4.50. The summed E-state index contributed by atoms with van der Waals surface area (Å²) in [7, 11) is 0. The second-order valence-corrected chi connectivity index (χ2v) is 3.95. The minimum absolute atomic E-state index is 0.650. The van der Waals surface area contributed by atoms with Crippen molar-refractivity contribution in [3.63, 3.8) is 0 Å². The molecule has 1 rings (SSSR count). The van der Waals surface area contributed by atoms with E-state index in [4.69, 9.17) is 5.11 Å². The Morgan fingerprint density at radius 3 is 2.38 bits per heavy atom. The number of nitrogens with zero attached hydrogens (tertiary/aromatic N) is 2. The van der Waals surface area contributed by atoms with E-state index >= 15 is 0 Å². The molecule has 0 saturated carbocycles. The second kappa shape index (κ2) is 5.44. The Kier molecular flexibility index (Phi) is 4.52. The SMILES string of the molecule is O=C(O)N1CCN(CCCBr)CC1. The fourth-order valence-corrected chi connectivity index (χ4v) is 1.70. The molecule has 0 aromatic rings. The van der Waals surface area contributed by atoms with Gasteiger partial charge in [-0.05, 0) is 13.0 Å². The fourth-order valence-electron chi connectivity index (χ4n) is 1.45. The molecule has 0 radical (unpaired) electrons. The Labute approximate surface area is 86.6 Å². The number of piperazine rings is 1. The van der Waals surface area contributed by atoms with E-state index in [0.29, 0.717) is 13.1 Å². The zero-order valence-corrected chi connectivity index (χ0v) is 9.16. The summed E-state index contributed by atoms with van der Waals surface area (Å²) in [4.78, 5) is 14.4. The first kappa shape index (κ1) is 10.8. The summed E-state index contributed by atoms with van der Waals surface area (Å²) in [6, 6.07) is 0. The monoisotopic (exact) mass is 250 g/mol. The smallest absolute Gasteiger partial charge is 0.407 e. The van der Waals surface area contributed by atoms with Crippen LogP contribution in [0.5, 0.6) is 0 Å². The largest absolute Gasteiger partial charge is 0.465 e. The van der Waals surface area contributed by atoms with Crippen LogP contribution in [0.1, 0.15) is 6.42 Å². The Morgan fingerprint density at radius 1 is 1.31 bits per heavy atom. The molecule has 0 unspecified atom stereocenters. The molecule has 1 aliphatic rings. The fraction of sp³-hybridized carbons (Fsp3) is 0.875. The van der Waals surface area contributed by atoms with Gasteiger partial charge >= 0.3 is 6.09 Å². The maximum absolute atomic E-state index is 10.6. The van der Waals surface area contributed by atoms with Gasteiger partial charge in [0.2, 0.25) is 0 Å². The third kappa shape index (κ3) is 3.52. The molecule has 0 bridgehead atoms. The van der Waals surface area contributed by atoms with Gasteiger partial charge in [0.1, 0.15) is 0 Å². The molecule has 0 aromatic carbocycles. The average molecular weight is 251 g/mol. The van der Waals surface area contributed by atoms with Crippen LogP contribution in [0.2, 0.25) is 0 Å². The highest BCUT2D eigenvalue weighted by atomic mass is 79.9. The number of amides is 1. The zero-order chi connectivity index (χ0) is 9.68. The second-order valence-electron chi connectivity index (χ2n) is 3.15. The van der Waals surface area contributed by atoms with Crippen molar-refractivity contribution in [1.29, 1.82) is 0 Å². The van der Waals surface area contributed by atoms with Gasteiger partial charge in [0, 0.05) is 31.5 Å². The standard InChI is InChI=1S/C8H15BrN2O2/c9-2-1-3-10-4-6-11(7-5-10)8(12)13/h1-7H2,(H,12,13). The molecule has 1 heterocycles. The number of rotatable bonds is 3. The molecule has 0 aromatic heterocycles. The normalized spacial score (nSPS) is 19.0. The van der Waals surface area contributed by atoms with Gasteiger partial charge in [-0.25, -0.2) is 4.79 Å². The van der Waals surface area contributed by atoms with Crippen molar-refractivity contribution in [3.8, 4) is 0 Å². The summed E-state index contributed by atoms with van der Waals surface area (Å²) in [5, 5.41) is 9.72. The van der Waals surface area contributed by atoms with Gasteiger partial charge in [0.15, 0.2) is 0 Å². The maximum atomic E-state index is 10.6. The van der Waals surface area contributed by atoms with Crippen molar-refractivity contribution in [2.75, 3.05) is 38.1 Å². The average Bonchev–Trinajstić information content (AvgIpc) is 2.15. The van der Waals surface area contributed by atoms with E-state index in [-0.39, 0.29) is 0 Å². The molecule has 0 atom stereocenters. The molecule has 13 heavy (non-hydrogen) atoms. The Balaban J connectivity index is 2.18. The van der Waals surface area contributed by atoms with Crippen LogP contribution in [0.4, 0.5) is 4.79 Å². The zero-order valence-electron chi connectivity index (χ0n) is 7.58. The molecule has 1 aliphatic heterocycles. The van der Waals surface area contributed by atoms with E-state index in [1.807, 2.05) is 0 Å². The van der Waals surface area contributed by atoms with Crippen molar-refractivity contribution in [2.24, 2.45) is 0 Å². The van der Waals surface area contributed by atoms with E-state index in [1.165, 1.54) is 4.90 Å². The van der Waals surface area contributed by atoms with E-state index in [0.717, 1.165) is 31.4 Å². The number of alkyl halides is 1. The number of hydrogen-bond donors (Lipinski definition) is 1. The Hall–Kier alpha value is -0.290. The lowest BCUT2D eigenvalue weighted by atomic mass is 10.3. The third-order valence-electron chi connectivity index (χ3n) is 2.25. The summed E-state index contributed by atoms with van der Waals surface area (Å²) < 4.78 is 0. The van der Waals surface area contributed by atoms with E-state index in [9.17, 15) is 4.79 Å². The highest BCUT2D eigenvalue weighted by Crippen LogP contribution is 2.03. The van der Waals surface area contributed by atoms with Crippen LogP contribution in [0, 0.1) is 0 Å². The molecule has 0 aliphatic carbocycles. The molecule has 1 fully saturated rings. The van der Waals surface area contributed by atoms with Crippen LogP contribution < -0.4 is 0 Å². The lowest BCUT2D eigenvalue weighted by Gasteiger charge is -2.32. The number of carboxylic acid groups (broad SMARTS) is 1. The molecule has 4 nitrogen and oxygen atoms in total. The Bertz CT molecular complexity index is 170. The lowest BCUT2D eigenvalue weighted by molar-refractivity contribution is 0.106. The molecule has 76 valence electrons. The molecule has 1 amide bonds. The highest BCUT2D eigenvalue weighted by molar-refractivity contribution is 9.09. The van der Waals surface area contributed by atoms with Gasteiger partial charge in [-0.1, -0.05) is 15.9 Å². The lowest BCUT2D eigenvalue weighted by Crippen LogP contribution is -2.48. The van der Waals surface area contributed by atoms with Gasteiger partial charge in [-0.2, -0.15) is 0 Å². The summed E-state index contributed by atoms with van der Waals surface area (Å²) in [5.74, 6) is 0. The van der Waals surface area contributed by atoms with E-state index in [1.54, 1.807) is 0 Å². The summed E-state index contributed by atoms with van der Waals surface area (Å²) >= 11 is 3.38. The topological polar surface area (TPSA) is 43.8 Å². The van der Waals surface area contributed by atoms with Crippen LogP contribution in [-0.2, 0) is 0 Å². The quantitative estimate of drug-likeness (QED) is 0.763. The Morgan fingerprint density at radius 2 is 1.92 bits per heavy atom. The van der Waals surface area contributed by atoms with Gasteiger partial charge < -0.3 is 10.0 Å². The minimum Gasteiger partial charge on any atom is -0.465 e. The first-order chi connectivity index (χ1) is 6.24. The summed E-state index contributed by atoms with van der Waals surface area (Å²) in [5.41, 5.74) is 0. The van der Waals surface area contributed by atoms with Crippen LogP contribution in [0.15, 0.2) is 0 Å². The third-order valence-corrected chi connectivity index (χ3v) is 2.81. The minimum atomic E-state index is -0.792. The molecule has 5 heteroatoms. The molecular formula is C8H15BrN2O2. The van der Waals surface area contributed by atoms with Crippen LogP contribution >= 0.6 is 15.9 Å². The molecular weight excluding hydrogens is 236 g/mol. The van der Waals surface area contributed by atoms with Crippen molar-refractivity contribution in [3.05, 3.63) is 0 Å². The predicted octanol–water partition coefficient (Wildman–Crippen LogP) is 1.07. The number of halogens is 1. The maximum Gasteiger partial charge on any atom is 0.407 e. The van der Waals surface area contributed by atoms with Crippen LogP contribution in [0.25, 0.3) is 0 Å². The highest BCUT2D eigenvalue weighted by Gasteiger charge is 2.19. The van der Waals surface area contributed by atoms with Gasteiger partial charge in [0.25, 0.3) is 0 Å². The summed E-state index contributed by atoms with van der Waals surface area (Å²) in [6.45, 7) is 4.12. The number of hydrogen-bond acceptors (Lipinski definition) is 2. The molecule has 0 spiro atoms. The van der Waals surface area contributed by atoms with Crippen LogP contribution in [-0.4, -0.2) is 59.1 Å². The summed E-state index contributed by atoms with van der Waals surface area (Å²) in [6.07, 6.45) is 0.340. The number of carbonyl (C=O) groups is 1. The predicted molar refractivity (Wildman–Crippen MR) is 54.4 cm³/mol. The van der Waals surface area contributed by atoms with E-state index < -0.39 is 6.09 Å². The van der Waals surface area contributed by atoms with Gasteiger partial charge in [-0.3, -0.25) is 4.90 Å². The van der Waals surface area contributed by atoms with Crippen molar-refractivity contribution in [2.45, 2.75) is 6.42 Å². The van der Waals surface area contributed by atoms with E-state index in [2.05, 4.69) is 20.8 Å². The van der Waals surface area contributed by atoms with Crippen molar-refractivity contribution in [1.82, 2.24) is 9.80 Å². The molecule has 1 N–H and O–H groups in total. The van der Waals surface area contributed by atoms with Gasteiger partial charge in [0.05, 0.1) is 0 Å².